The first-order valence-corrected chi connectivity index (χ1v) is 7.33. The van der Waals surface area contributed by atoms with E-state index in [0.29, 0.717) is 33.0 Å². The molecule has 0 aliphatic heterocycles. The van der Waals surface area contributed by atoms with Gasteiger partial charge in [0, 0.05) is 13.7 Å². The van der Waals surface area contributed by atoms with Crippen LogP contribution in [0.5, 0.6) is 0 Å². The Kier molecular flexibility index (Phi) is 9.57. The van der Waals surface area contributed by atoms with Gasteiger partial charge in [0.15, 0.2) is 0 Å². The molecule has 0 aromatic carbocycles. The third kappa shape index (κ3) is 7.19. The second-order valence-electron chi connectivity index (χ2n) is 5.06. The van der Waals surface area contributed by atoms with Crippen molar-refractivity contribution in [3.63, 3.8) is 0 Å². The molecule has 1 fully saturated rings. The summed E-state index contributed by atoms with van der Waals surface area (Å²) in [5.41, 5.74) is 0. The molecular formula is C14H27NO5. The highest BCUT2D eigenvalue weighted by Crippen LogP contribution is 2.31. The van der Waals surface area contributed by atoms with Crippen LogP contribution < -0.4 is 5.32 Å². The fourth-order valence-corrected chi connectivity index (χ4v) is 2.50. The largest absolute Gasteiger partial charge is 0.481 e. The van der Waals surface area contributed by atoms with Crippen molar-refractivity contribution in [3.8, 4) is 0 Å². The minimum Gasteiger partial charge on any atom is -0.481 e. The Bertz CT molecular complexity index is 262. The molecular weight excluding hydrogens is 262 g/mol. The standard InChI is InChI=1S/C14H27NO5/c1-18-7-8-20-10-9-19-6-5-15-11-12-3-2-4-13(12)14(16)17/h12-13,15H,2-11H2,1H3,(H,16,17). The maximum Gasteiger partial charge on any atom is 0.306 e. The molecule has 0 spiro atoms. The second kappa shape index (κ2) is 11.0. The number of aliphatic carboxylic acids is 1. The van der Waals surface area contributed by atoms with E-state index in [0.717, 1.165) is 32.4 Å². The molecule has 0 amide bonds. The van der Waals surface area contributed by atoms with Gasteiger partial charge < -0.3 is 24.6 Å². The van der Waals surface area contributed by atoms with Crippen LogP contribution in [0.2, 0.25) is 0 Å². The van der Waals surface area contributed by atoms with E-state index in [9.17, 15) is 4.79 Å². The first-order chi connectivity index (χ1) is 9.75. The molecule has 20 heavy (non-hydrogen) atoms. The molecule has 0 radical (unpaired) electrons. The van der Waals surface area contributed by atoms with Gasteiger partial charge in [-0.3, -0.25) is 4.79 Å². The van der Waals surface area contributed by atoms with Crippen molar-refractivity contribution in [2.24, 2.45) is 11.8 Å². The monoisotopic (exact) mass is 289 g/mol. The number of rotatable bonds is 12. The van der Waals surface area contributed by atoms with Crippen molar-refractivity contribution in [1.82, 2.24) is 5.32 Å². The number of carbonyl (C=O) groups is 1. The fourth-order valence-electron chi connectivity index (χ4n) is 2.50. The SMILES string of the molecule is COCCOCCOCCNCC1CCCC1C(=O)O. The lowest BCUT2D eigenvalue weighted by molar-refractivity contribution is -0.142. The van der Waals surface area contributed by atoms with E-state index in [1.165, 1.54) is 0 Å². The van der Waals surface area contributed by atoms with Crippen molar-refractivity contribution < 1.29 is 24.1 Å². The average molecular weight is 289 g/mol. The lowest BCUT2D eigenvalue weighted by Gasteiger charge is -2.16. The molecule has 0 aromatic heterocycles. The van der Waals surface area contributed by atoms with Crippen LogP contribution in [-0.2, 0) is 19.0 Å². The molecule has 6 heteroatoms. The van der Waals surface area contributed by atoms with Gasteiger partial charge in [-0.15, -0.1) is 0 Å². The van der Waals surface area contributed by atoms with Crippen molar-refractivity contribution in [2.75, 3.05) is 53.2 Å². The quantitative estimate of drug-likeness (QED) is 0.516. The number of hydrogen-bond donors (Lipinski definition) is 2. The van der Waals surface area contributed by atoms with Gasteiger partial charge in [-0.2, -0.15) is 0 Å². The molecule has 118 valence electrons. The van der Waals surface area contributed by atoms with Crippen LogP contribution in [0, 0.1) is 11.8 Å². The van der Waals surface area contributed by atoms with Crippen LogP contribution in [0.4, 0.5) is 0 Å². The molecule has 1 rings (SSSR count). The molecule has 2 atom stereocenters. The maximum atomic E-state index is 11.0. The molecule has 1 aliphatic rings. The fraction of sp³-hybridized carbons (Fsp3) is 0.929. The minimum absolute atomic E-state index is 0.169. The van der Waals surface area contributed by atoms with E-state index in [1.807, 2.05) is 0 Å². The van der Waals surface area contributed by atoms with Crippen molar-refractivity contribution in [2.45, 2.75) is 19.3 Å². The van der Waals surface area contributed by atoms with Gasteiger partial charge in [-0.25, -0.2) is 0 Å². The molecule has 1 aliphatic carbocycles. The summed E-state index contributed by atoms with van der Waals surface area (Å²) < 4.78 is 15.5. The number of carboxylic acids is 1. The summed E-state index contributed by atoms with van der Waals surface area (Å²) in [5, 5.41) is 12.3. The normalized spacial score (nSPS) is 22.2. The summed E-state index contributed by atoms with van der Waals surface area (Å²) in [6.07, 6.45) is 2.85. The van der Waals surface area contributed by atoms with E-state index in [-0.39, 0.29) is 11.8 Å². The smallest absolute Gasteiger partial charge is 0.306 e. The summed E-state index contributed by atoms with van der Waals surface area (Å²) in [5.74, 6) is -0.554. The zero-order valence-electron chi connectivity index (χ0n) is 12.3. The number of carboxylic acid groups (broad SMARTS) is 1. The van der Waals surface area contributed by atoms with Crippen LogP contribution in [0.3, 0.4) is 0 Å². The summed E-state index contributed by atoms with van der Waals surface area (Å²) >= 11 is 0. The summed E-state index contributed by atoms with van der Waals surface area (Å²) in [6.45, 7) is 4.49. The Morgan fingerprint density at radius 3 is 2.55 bits per heavy atom. The summed E-state index contributed by atoms with van der Waals surface area (Å²) in [6, 6.07) is 0. The van der Waals surface area contributed by atoms with Gasteiger partial charge in [0.1, 0.15) is 0 Å². The summed E-state index contributed by atoms with van der Waals surface area (Å²) in [4.78, 5) is 11.0. The number of hydrogen-bond acceptors (Lipinski definition) is 5. The highest BCUT2D eigenvalue weighted by Gasteiger charge is 2.32. The predicted molar refractivity (Wildman–Crippen MR) is 74.9 cm³/mol. The molecule has 0 saturated heterocycles. The van der Waals surface area contributed by atoms with Crippen LogP contribution in [0.25, 0.3) is 0 Å². The van der Waals surface area contributed by atoms with Gasteiger partial charge in [0.25, 0.3) is 0 Å². The molecule has 0 aromatic rings. The van der Waals surface area contributed by atoms with E-state index in [2.05, 4.69) is 5.32 Å². The van der Waals surface area contributed by atoms with E-state index < -0.39 is 5.97 Å². The predicted octanol–water partition coefficient (Wildman–Crippen LogP) is 0.757. The Morgan fingerprint density at radius 1 is 1.15 bits per heavy atom. The molecule has 2 N–H and O–H groups in total. The Labute approximate surface area is 120 Å². The van der Waals surface area contributed by atoms with Crippen LogP contribution in [-0.4, -0.2) is 64.3 Å². The first-order valence-electron chi connectivity index (χ1n) is 7.33. The highest BCUT2D eigenvalue weighted by atomic mass is 16.5. The first kappa shape index (κ1) is 17.4. The molecule has 1 saturated carbocycles. The molecule has 0 bridgehead atoms. The van der Waals surface area contributed by atoms with Gasteiger partial charge in [0.05, 0.1) is 39.0 Å². The number of nitrogens with one attached hydrogen (secondary N) is 1. The van der Waals surface area contributed by atoms with Crippen molar-refractivity contribution >= 4 is 5.97 Å². The maximum absolute atomic E-state index is 11.0. The van der Waals surface area contributed by atoms with Crippen molar-refractivity contribution in [3.05, 3.63) is 0 Å². The van der Waals surface area contributed by atoms with Gasteiger partial charge in [-0.05, 0) is 25.3 Å². The van der Waals surface area contributed by atoms with E-state index >= 15 is 0 Å². The molecule has 6 nitrogen and oxygen atoms in total. The van der Waals surface area contributed by atoms with E-state index in [4.69, 9.17) is 19.3 Å². The third-order valence-corrected chi connectivity index (χ3v) is 3.61. The second-order valence-corrected chi connectivity index (χ2v) is 5.06. The van der Waals surface area contributed by atoms with Crippen molar-refractivity contribution in [1.29, 1.82) is 0 Å². The number of methoxy groups -OCH3 is 1. The lowest BCUT2D eigenvalue weighted by Crippen LogP contribution is -2.31. The third-order valence-electron chi connectivity index (χ3n) is 3.61. The minimum atomic E-state index is -0.654. The van der Waals surface area contributed by atoms with Crippen LogP contribution in [0.15, 0.2) is 0 Å². The highest BCUT2D eigenvalue weighted by molar-refractivity contribution is 5.70. The molecule has 2 unspecified atom stereocenters. The average Bonchev–Trinajstić information content (AvgIpc) is 2.89. The van der Waals surface area contributed by atoms with Crippen LogP contribution >= 0.6 is 0 Å². The van der Waals surface area contributed by atoms with E-state index in [1.54, 1.807) is 7.11 Å². The summed E-state index contributed by atoms with van der Waals surface area (Å²) in [7, 11) is 1.64. The zero-order valence-corrected chi connectivity index (χ0v) is 12.3. The van der Waals surface area contributed by atoms with Gasteiger partial charge in [0.2, 0.25) is 0 Å². The van der Waals surface area contributed by atoms with Gasteiger partial charge in [-0.1, -0.05) is 6.42 Å². The van der Waals surface area contributed by atoms with Gasteiger partial charge >= 0.3 is 5.97 Å². The lowest BCUT2D eigenvalue weighted by atomic mass is 9.96. The molecule has 0 heterocycles. The Hall–Kier alpha value is -0.690. The zero-order chi connectivity index (χ0) is 14.6. The Balaban J connectivity index is 1.88. The Morgan fingerprint density at radius 2 is 1.85 bits per heavy atom. The number of ether oxygens (including phenoxy) is 3. The topological polar surface area (TPSA) is 77.0 Å². The van der Waals surface area contributed by atoms with Crippen LogP contribution in [0.1, 0.15) is 19.3 Å².